The van der Waals surface area contributed by atoms with Crippen molar-refractivity contribution in [1.82, 2.24) is 0 Å². The lowest BCUT2D eigenvalue weighted by atomic mass is 9.85. The predicted molar refractivity (Wildman–Crippen MR) is 48.4 cm³/mol. The van der Waals surface area contributed by atoms with Crippen molar-refractivity contribution < 1.29 is 4.39 Å². The summed E-state index contributed by atoms with van der Waals surface area (Å²) in [6.07, 6.45) is 0.443. The maximum atomic E-state index is 13.4. The molecule has 0 heterocycles. The lowest BCUT2D eigenvalue weighted by Crippen LogP contribution is -2.24. The number of hydrogen-bond acceptors (Lipinski definition) is 0. The minimum atomic E-state index is -0.634. The van der Waals surface area contributed by atoms with E-state index in [9.17, 15) is 4.39 Å². The topological polar surface area (TPSA) is 0 Å². The van der Waals surface area contributed by atoms with Crippen molar-refractivity contribution in [3.05, 3.63) is 0 Å². The summed E-state index contributed by atoms with van der Waals surface area (Å²) >= 11 is 0. The second-order valence-corrected chi connectivity index (χ2v) is 3.93. The first-order valence-corrected chi connectivity index (χ1v) is 4.64. The molecule has 0 aliphatic heterocycles. The van der Waals surface area contributed by atoms with Gasteiger partial charge in [-0.1, -0.05) is 41.0 Å². The molecular formula is C10H21F. The summed E-state index contributed by atoms with van der Waals surface area (Å²) in [6, 6.07) is 0. The molecule has 0 fully saturated rings. The normalized spacial score (nSPS) is 19.9. The summed E-state index contributed by atoms with van der Waals surface area (Å²) in [6.45, 7) is 10.2. The number of alkyl halides is 1. The molecule has 0 N–H and O–H groups in total. The standard InChI is InChI=1S/C10H21F/c1-6-8(4)9(5)10(11)7(2)3/h7-10H,6H2,1-5H3. The van der Waals surface area contributed by atoms with Gasteiger partial charge in [0.15, 0.2) is 0 Å². The summed E-state index contributed by atoms with van der Waals surface area (Å²) in [4.78, 5) is 0. The molecule has 0 radical (unpaired) electrons. The maximum absolute atomic E-state index is 13.4. The fraction of sp³-hybridized carbons (Fsp3) is 1.00. The van der Waals surface area contributed by atoms with Crippen LogP contribution in [0.4, 0.5) is 4.39 Å². The van der Waals surface area contributed by atoms with Crippen LogP contribution in [-0.4, -0.2) is 6.17 Å². The first kappa shape index (κ1) is 10.9. The van der Waals surface area contributed by atoms with Crippen LogP contribution in [0.3, 0.4) is 0 Å². The molecule has 0 aromatic rings. The molecular weight excluding hydrogens is 139 g/mol. The summed E-state index contributed by atoms with van der Waals surface area (Å²) in [5.41, 5.74) is 0. The molecule has 3 atom stereocenters. The molecule has 0 saturated heterocycles. The quantitative estimate of drug-likeness (QED) is 0.588. The highest BCUT2D eigenvalue weighted by molar-refractivity contribution is 4.72. The van der Waals surface area contributed by atoms with E-state index in [2.05, 4.69) is 13.8 Å². The molecule has 0 nitrogen and oxygen atoms in total. The van der Waals surface area contributed by atoms with Crippen LogP contribution < -0.4 is 0 Å². The van der Waals surface area contributed by atoms with Gasteiger partial charge < -0.3 is 0 Å². The smallest absolute Gasteiger partial charge is 0.105 e. The van der Waals surface area contributed by atoms with Crippen LogP contribution in [0.25, 0.3) is 0 Å². The molecule has 0 rings (SSSR count). The van der Waals surface area contributed by atoms with Crippen molar-refractivity contribution in [2.24, 2.45) is 17.8 Å². The lowest BCUT2D eigenvalue weighted by molar-refractivity contribution is 0.137. The van der Waals surface area contributed by atoms with Gasteiger partial charge in [-0.05, 0) is 17.8 Å². The summed E-state index contributed by atoms with van der Waals surface area (Å²) in [7, 11) is 0. The fourth-order valence-corrected chi connectivity index (χ4v) is 1.29. The van der Waals surface area contributed by atoms with Gasteiger partial charge in [0.1, 0.15) is 6.17 Å². The first-order chi connectivity index (χ1) is 5.00. The molecule has 68 valence electrons. The molecule has 0 aromatic heterocycles. The minimum Gasteiger partial charge on any atom is -0.247 e. The Morgan fingerprint density at radius 2 is 1.55 bits per heavy atom. The largest absolute Gasteiger partial charge is 0.247 e. The van der Waals surface area contributed by atoms with Gasteiger partial charge in [-0.3, -0.25) is 0 Å². The summed E-state index contributed by atoms with van der Waals surface area (Å²) < 4.78 is 13.4. The predicted octanol–water partition coefficient (Wildman–Crippen LogP) is 3.66. The average molecular weight is 160 g/mol. The summed E-state index contributed by atoms with van der Waals surface area (Å²) in [5.74, 6) is 0.881. The van der Waals surface area contributed by atoms with E-state index in [0.717, 1.165) is 6.42 Å². The molecule has 0 aliphatic carbocycles. The highest BCUT2D eigenvalue weighted by atomic mass is 19.1. The number of halogens is 1. The third-order valence-electron chi connectivity index (χ3n) is 2.68. The zero-order valence-electron chi connectivity index (χ0n) is 8.39. The molecule has 0 bridgehead atoms. The van der Waals surface area contributed by atoms with E-state index in [1.165, 1.54) is 0 Å². The Bertz CT molecular complexity index is 99.0. The van der Waals surface area contributed by atoms with Gasteiger partial charge in [0.25, 0.3) is 0 Å². The van der Waals surface area contributed by atoms with Crippen LogP contribution in [0, 0.1) is 17.8 Å². The average Bonchev–Trinajstić information content (AvgIpc) is 2.00. The molecule has 0 saturated carbocycles. The Labute approximate surface area is 70.2 Å². The SMILES string of the molecule is CCC(C)C(C)C(F)C(C)C. The van der Waals surface area contributed by atoms with Gasteiger partial charge in [-0.25, -0.2) is 4.39 Å². The van der Waals surface area contributed by atoms with E-state index in [0.29, 0.717) is 5.92 Å². The van der Waals surface area contributed by atoms with Gasteiger partial charge >= 0.3 is 0 Å². The monoisotopic (exact) mass is 160 g/mol. The highest BCUT2D eigenvalue weighted by Gasteiger charge is 2.23. The summed E-state index contributed by atoms with van der Waals surface area (Å²) in [5, 5.41) is 0. The van der Waals surface area contributed by atoms with E-state index < -0.39 is 6.17 Å². The maximum Gasteiger partial charge on any atom is 0.105 e. The number of rotatable bonds is 4. The van der Waals surface area contributed by atoms with Crippen molar-refractivity contribution in [1.29, 1.82) is 0 Å². The molecule has 0 spiro atoms. The lowest BCUT2D eigenvalue weighted by Gasteiger charge is -2.24. The van der Waals surface area contributed by atoms with Crippen molar-refractivity contribution >= 4 is 0 Å². The molecule has 11 heavy (non-hydrogen) atoms. The van der Waals surface area contributed by atoms with Crippen LogP contribution in [0.5, 0.6) is 0 Å². The van der Waals surface area contributed by atoms with Crippen molar-refractivity contribution in [3.63, 3.8) is 0 Å². The molecule has 0 aliphatic rings. The molecule has 1 heteroatoms. The minimum absolute atomic E-state index is 0.166. The zero-order valence-corrected chi connectivity index (χ0v) is 8.39. The Kier molecular flexibility index (Phi) is 4.71. The molecule has 0 aromatic carbocycles. The van der Waals surface area contributed by atoms with Gasteiger partial charge in [0.2, 0.25) is 0 Å². The van der Waals surface area contributed by atoms with Crippen LogP contribution in [0.15, 0.2) is 0 Å². The van der Waals surface area contributed by atoms with Crippen LogP contribution >= 0.6 is 0 Å². The van der Waals surface area contributed by atoms with E-state index in [1.807, 2.05) is 20.8 Å². The van der Waals surface area contributed by atoms with Crippen molar-refractivity contribution in [2.75, 3.05) is 0 Å². The van der Waals surface area contributed by atoms with Gasteiger partial charge in [-0.15, -0.1) is 0 Å². The fourth-order valence-electron chi connectivity index (χ4n) is 1.29. The van der Waals surface area contributed by atoms with Crippen LogP contribution in [0.1, 0.15) is 41.0 Å². The highest BCUT2D eigenvalue weighted by Crippen LogP contribution is 2.25. The Balaban J connectivity index is 3.90. The van der Waals surface area contributed by atoms with E-state index in [1.54, 1.807) is 0 Å². The Morgan fingerprint density at radius 3 is 1.82 bits per heavy atom. The second kappa shape index (κ2) is 4.74. The van der Waals surface area contributed by atoms with Crippen molar-refractivity contribution in [2.45, 2.75) is 47.2 Å². The second-order valence-electron chi connectivity index (χ2n) is 3.93. The molecule has 3 unspecified atom stereocenters. The zero-order chi connectivity index (χ0) is 9.02. The first-order valence-electron chi connectivity index (χ1n) is 4.64. The number of hydrogen-bond donors (Lipinski definition) is 0. The van der Waals surface area contributed by atoms with E-state index >= 15 is 0 Å². The van der Waals surface area contributed by atoms with Gasteiger partial charge in [0, 0.05) is 0 Å². The van der Waals surface area contributed by atoms with Gasteiger partial charge in [-0.2, -0.15) is 0 Å². The van der Waals surface area contributed by atoms with Crippen LogP contribution in [-0.2, 0) is 0 Å². The Hall–Kier alpha value is -0.0700. The van der Waals surface area contributed by atoms with Crippen molar-refractivity contribution in [3.8, 4) is 0 Å². The third-order valence-corrected chi connectivity index (χ3v) is 2.68. The van der Waals surface area contributed by atoms with E-state index in [-0.39, 0.29) is 11.8 Å². The van der Waals surface area contributed by atoms with E-state index in [4.69, 9.17) is 0 Å². The third kappa shape index (κ3) is 3.22. The molecule has 0 amide bonds. The Morgan fingerprint density at radius 1 is 1.09 bits per heavy atom. The van der Waals surface area contributed by atoms with Crippen LogP contribution in [0.2, 0.25) is 0 Å². The van der Waals surface area contributed by atoms with Gasteiger partial charge in [0.05, 0.1) is 0 Å².